The fourth-order valence-corrected chi connectivity index (χ4v) is 0.442. The quantitative estimate of drug-likeness (QED) is 0.470. The van der Waals surface area contributed by atoms with E-state index in [1.54, 1.807) is 11.1 Å². The third-order valence-corrected chi connectivity index (χ3v) is 0.823. The highest BCUT2D eigenvalue weighted by Gasteiger charge is 1.95. The molecule has 4 nitrogen and oxygen atoms in total. The van der Waals surface area contributed by atoms with Crippen LogP contribution in [0, 0.1) is 11.3 Å². The van der Waals surface area contributed by atoms with Crippen molar-refractivity contribution in [3.8, 4) is 6.07 Å². The standard InChI is InChI=1S/C5H5N3O/c6-1-2-8-3-4-9-7-5-8/h3-5H,2H2. The second-order valence-corrected chi connectivity index (χ2v) is 1.44. The number of nitriles is 1. The minimum atomic E-state index is 0.309. The smallest absolute Gasteiger partial charge is 0.138 e. The van der Waals surface area contributed by atoms with Crippen LogP contribution in [0.4, 0.5) is 0 Å². The molecule has 0 saturated carbocycles. The van der Waals surface area contributed by atoms with Gasteiger partial charge in [-0.25, -0.2) is 0 Å². The molecule has 0 aromatic rings. The lowest BCUT2D eigenvalue weighted by molar-refractivity contribution is 0.249. The summed E-state index contributed by atoms with van der Waals surface area (Å²) in [5.41, 5.74) is 0. The molecule has 1 aliphatic rings. The lowest BCUT2D eigenvalue weighted by Crippen LogP contribution is -2.16. The van der Waals surface area contributed by atoms with Crippen molar-refractivity contribution in [1.29, 1.82) is 5.26 Å². The van der Waals surface area contributed by atoms with Gasteiger partial charge in [-0.2, -0.15) is 5.26 Å². The monoisotopic (exact) mass is 123 g/mol. The average Bonchev–Trinajstić information content (AvgIpc) is 1.91. The summed E-state index contributed by atoms with van der Waals surface area (Å²) in [6.45, 7) is 0.309. The van der Waals surface area contributed by atoms with E-state index in [4.69, 9.17) is 5.26 Å². The molecule has 1 heterocycles. The van der Waals surface area contributed by atoms with E-state index >= 15 is 0 Å². The second kappa shape index (κ2) is 2.72. The molecule has 0 atom stereocenters. The minimum absolute atomic E-state index is 0.309. The van der Waals surface area contributed by atoms with E-state index in [9.17, 15) is 0 Å². The third kappa shape index (κ3) is 1.46. The molecule has 0 fully saturated rings. The Morgan fingerprint density at radius 1 is 1.78 bits per heavy atom. The van der Waals surface area contributed by atoms with Gasteiger partial charge in [-0.05, 0) is 0 Å². The maximum atomic E-state index is 8.19. The third-order valence-electron chi connectivity index (χ3n) is 0.823. The number of nitrogens with zero attached hydrogens (tertiary/aromatic N) is 3. The molecular weight excluding hydrogens is 118 g/mol. The molecule has 0 bridgehead atoms. The van der Waals surface area contributed by atoms with Gasteiger partial charge in [0.1, 0.15) is 19.1 Å². The van der Waals surface area contributed by atoms with Crippen molar-refractivity contribution in [2.45, 2.75) is 0 Å². The lowest BCUT2D eigenvalue weighted by Gasteiger charge is -2.10. The Hall–Kier alpha value is -1.50. The first kappa shape index (κ1) is 5.63. The summed E-state index contributed by atoms with van der Waals surface area (Å²) in [6.07, 6.45) is 4.50. The van der Waals surface area contributed by atoms with Crippen LogP contribution >= 0.6 is 0 Å². The molecule has 0 saturated heterocycles. The predicted octanol–water partition coefficient (Wildman–Crippen LogP) is 0.257. The first-order valence-electron chi connectivity index (χ1n) is 2.42. The topological polar surface area (TPSA) is 48.6 Å². The second-order valence-electron chi connectivity index (χ2n) is 1.44. The molecule has 4 heteroatoms. The Morgan fingerprint density at radius 2 is 2.67 bits per heavy atom. The summed E-state index contributed by atoms with van der Waals surface area (Å²) in [6, 6.07) is 1.97. The first-order chi connectivity index (χ1) is 4.43. The molecule has 0 aromatic heterocycles. The van der Waals surface area contributed by atoms with E-state index < -0.39 is 0 Å². The zero-order chi connectivity index (χ0) is 6.53. The van der Waals surface area contributed by atoms with Crippen molar-refractivity contribution in [1.82, 2.24) is 4.90 Å². The zero-order valence-corrected chi connectivity index (χ0v) is 4.69. The Bertz CT molecular complexity index is 167. The Labute approximate surface area is 52.6 Å². The molecule has 46 valence electrons. The van der Waals surface area contributed by atoms with Gasteiger partial charge in [0.2, 0.25) is 0 Å². The van der Waals surface area contributed by atoms with E-state index in [0.29, 0.717) is 6.54 Å². The Kier molecular flexibility index (Phi) is 1.70. The highest BCUT2D eigenvalue weighted by molar-refractivity contribution is 5.56. The van der Waals surface area contributed by atoms with E-state index in [-0.39, 0.29) is 0 Å². The van der Waals surface area contributed by atoms with Gasteiger partial charge in [-0.15, -0.1) is 0 Å². The number of rotatable bonds is 1. The van der Waals surface area contributed by atoms with Crippen LogP contribution in [0.3, 0.4) is 0 Å². The fourth-order valence-electron chi connectivity index (χ4n) is 0.442. The first-order valence-corrected chi connectivity index (χ1v) is 2.42. The van der Waals surface area contributed by atoms with Crippen LogP contribution in [0.5, 0.6) is 0 Å². The van der Waals surface area contributed by atoms with Gasteiger partial charge < -0.3 is 9.74 Å². The van der Waals surface area contributed by atoms with Crippen LogP contribution in [0.2, 0.25) is 0 Å². The Morgan fingerprint density at radius 3 is 3.22 bits per heavy atom. The number of hydrogen-bond acceptors (Lipinski definition) is 4. The normalized spacial score (nSPS) is 14.8. The van der Waals surface area contributed by atoms with Crippen molar-refractivity contribution in [3.63, 3.8) is 0 Å². The summed E-state index contributed by atoms with van der Waals surface area (Å²) < 4.78 is 0. The molecule has 0 spiro atoms. The molecule has 0 radical (unpaired) electrons. The molecule has 0 N–H and O–H groups in total. The summed E-state index contributed by atoms with van der Waals surface area (Å²) in [5.74, 6) is 0. The van der Waals surface area contributed by atoms with Crippen LogP contribution in [-0.2, 0) is 4.84 Å². The SMILES string of the molecule is N#CCN1C=CON=C1. The van der Waals surface area contributed by atoms with Gasteiger partial charge in [-0.1, -0.05) is 5.16 Å². The van der Waals surface area contributed by atoms with E-state index in [1.165, 1.54) is 12.6 Å². The van der Waals surface area contributed by atoms with Crippen LogP contribution in [0.1, 0.15) is 0 Å². The predicted molar refractivity (Wildman–Crippen MR) is 31.0 cm³/mol. The van der Waals surface area contributed by atoms with Crippen molar-refractivity contribution in [2.24, 2.45) is 5.16 Å². The van der Waals surface area contributed by atoms with Crippen LogP contribution < -0.4 is 0 Å². The summed E-state index contributed by atoms with van der Waals surface area (Å²) in [5, 5.41) is 11.6. The van der Waals surface area contributed by atoms with Crippen molar-refractivity contribution >= 4 is 6.34 Å². The van der Waals surface area contributed by atoms with Crippen LogP contribution in [0.25, 0.3) is 0 Å². The molecule has 1 rings (SSSR count). The molecule has 1 aliphatic heterocycles. The van der Waals surface area contributed by atoms with Crippen molar-refractivity contribution in [3.05, 3.63) is 12.5 Å². The van der Waals surface area contributed by atoms with Crippen molar-refractivity contribution < 1.29 is 4.84 Å². The maximum absolute atomic E-state index is 8.19. The maximum Gasteiger partial charge on any atom is 0.138 e. The lowest BCUT2D eigenvalue weighted by atomic mass is 10.6. The largest absolute Gasteiger partial charge is 0.362 e. The van der Waals surface area contributed by atoms with E-state index in [2.05, 4.69) is 9.99 Å². The van der Waals surface area contributed by atoms with Gasteiger partial charge >= 0.3 is 0 Å². The fraction of sp³-hybridized carbons (Fsp3) is 0.200. The molecule has 9 heavy (non-hydrogen) atoms. The van der Waals surface area contributed by atoms with Crippen LogP contribution in [-0.4, -0.2) is 17.8 Å². The summed E-state index contributed by atoms with van der Waals surface area (Å²) >= 11 is 0. The summed E-state index contributed by atoms with van der Waals surface area (Å²) in [7, 11) is 0. The summed E-state index contributed by atoms with van der Waals surface area (Å²) in [4.78, 5) is 6.10. The molecule has 0 aromatic carbocycles. The highest BCUT2D eigenvalue weighted by atomic mass is 16.6. The van der Waals surface area contributed by atoms with E-state index in [0.717, 1.165) is 0 Å². The van der Waals surface area contributed by atoms with Gasteiger partial charge in [0.25, 0.3) is 0 Å². The van der Waals surface area contributed by atoms with Crippen molar-refractivity contribution in [2.75, 3.05) is 6.54 Å². The zero-order valence-electron chi connectivity index (χ0n) is 4.69. The van der Waals surface area contributed by atoms with E-state index in [1.807, 2.05) is 6.07 Å². The van der Waals surface area contributed by atoms with Gasteiger partial charge in [0.05, 0.1) is 6.07 Å². The molecule has 0 aliphatic carbocycles. The molecular formula is C5H5N3O. The highest BCUT2D eigenvalue weighted by Crippen LogP contribution is 1.92. The minimum Gasteiger partial charge on any atom is -0.362 e. The van der Waals surface area contributed by atoms with Crippen LogP contribution in [0.15, 0.2) is 17.6 Å². The number of oxime groups is 1. The number of hydrogen-bond donors (Lipinski definition) is 0. The van der Waals surface area contributed by atoms with Gasteiger partial charge in [0.15, 0.2) is 0 Å². The Balaban J connectivity index is 2.42. The molecule has 0 amide bonds. The van der Waals surface area contributed by atoms with Gasteiger partial charge in [-0.3, -0.25) is 0 Å². The van der Waals surface area contributed by atoms with Gasteiger partial charge in [0, 0.05) is 6.20 Å². The molecule has 0 unspecified atom stereocenters. The average molecular weight is 123 g/mol.